The fourth-order valence-corrected chi connectivity index (χ4v) is 9.91. The Kier molecular flexibility index (Phi) is 16.9. The second kappa shape index (κ2) is 22.4. The molecule has 1 N–H and O–H groups in total. The van der Waals surface area contributed by atoms with E-state index in [0.717, 1.165) is 40.6 Å². The van der Waals surface area contributed by atoms with Crippen molar-refractivity contribution in [3.63, 3.8) is 0 Å². The first-order valence-electron chi connectivity index (χ1n) is 21.1. The van der Waals surface area contributed by atoms with E-state index in [-0.39, 0.29) is 75.6 Å². The normalized spacial score (nSPS) is 21.4. The predicted molar refractivity (Wildman–Crippen MR) is 243 cm³/mol. The molecule has 5 aromatic rings. The first kappa shape index (κ1) is 49.2. The van der Waals surface area contributed by atoms with Crippen LogP contribution in [-0.4, -0.2) is 98.9 Å². The Bertz CT molecular complexity index is 2320. The van der Waals surface area contributed by atoms with Crippen LogP contribution in [0.15, 0.2) is 91.1 Å². The Balaban J connectivity index is 1.35. The summed E-state index contributed by atoms with van der Waals surface area (Å²) in [5, 5.41) is 21.8. The molecule has 2 fully saturated rings. The third kappa shape index (κ3) is 12.6. The van der Waals surface area contributed by atoms with E-state index >= 15 is 0 Å². The standard InChI is InChI=1S/C47H50Cl3F3N4O7S/c1-28(2)22-56(3)45(58)44(47(59)16-18-60-19-17-47)65-46-43(63-26-31-8-14-35(50)15-9-31)41(57-23-38(54-55-57)32-20-36(51)40(53)37(52)21-32)42(62-25-30-6-12-34(49)13-7-30)39(64-46)27-61-24-29-4-10-33(48)11-5-29/h4-15,20-21,23,28,39,41-44,46,59H,16-19,22,24-27H2,1-3H3/t39-,41+,42+,43-,44?,46+/m1/s1. The number of carbonyl (C=O) groups is 1. The maximum Gasteiger partial charge on any atom is 0.238 e. The molecule has 0 saturated carbocycles. The molecule has 1 amide bonds. The Labute approximate surface area is 395 Å². The highest BCUT2D eigenvalue weighted by molar-refractivity contribution is 8.01. The van der Waals surface area contributed by atoms with Crippen molar-refractivity contribution in [3.05, 3.63) is 140 Å². The lowest BCUT2D eigenvalue weighted by molar-refractivity contribution is -0.218. The Hall–Kier alpha value is -3.74. The van der Waals surface area contributed by atoms with E-state index in [1.807, 2.05) is 50.2 Å². The van der Waals surface area contributed by atoms with Crippen molar-refractivity contribution < 1.29 is 46.8 Å². The minimum atomic E-state index is -1.62. The number of thioether (sulfide) groups is 1. The van der Waals surface area contributed by atoms with Crippen LogP contribution in [-0.2, 0) is 48.3 Å². The zero-order valence-electron chi connectivity index (χ0n) is 35.9. The predicted octanol–water partition coefficient (Wildman–Crippen LogP) is 9.73. The molecule has 0 aliphatic carbocycles. The molecule has 2 aliphatic rings. The van der Waals surface area contributed by atoms with Crippen molar-refractivity contribution in [2.75, 3.05) is 33.4 Å². The monoisotopic (exact) mass is 976 g/mol. The van der Waals surface area contributed by atoms with Gasteiger partial charge in [0, 0.05) is 60.3 Å². The van der Waals surface area contributed by atoms with Crippen LogP contribution in [0.5, 0.6) is 0 Å². The number of hydrogen-bond donors (Lipinski definition) is 1. The lowest BCUT2D eigenvalue weighted by Crippen LogP contribution is -2.59. The fourth-order valence-electron chi connectivity index (χ4n) is 7.87. The van der Waals surface area contributed by atoms with E-state index in [9.17, 15) is 23.1 Å². The SMILES string of the molecule is CC(C)CN(C)C(=O)C(S[C@@H]1O[C@H](COCc2ccc(Cl)cc2)[C@H](OCc2ccc(Cl)cc2)[C@H](n2cc(-c3cc(F)c(F)c(F)c3)nn2)[C@H]1OCc1ccc(Cl)cc1)C1(O)CCOCC1. The summed E-state index contributed by atoms with van der Waals surface area (Å²) in [6.45, 7) is 5.16. The molecule has 2 saturated heterocycles. The van der Waals surface area contributed by atoms with Gasteiger partial charge < -0.3 is 33.7 Å². The van der Waals surface area contributed by atoms with Gasteiger partial charge in [0.05, 0.1) is 38.2 Å². The van der Waals surface area contributed by atoms with Gasteiger partial charge in [-0.05, 0) is 71.1 Å². The number of amides is 1. The highest BCUT2D eigenvalue weighted by Gasteiger charge is 2.53. The maximum absolute atomic E-state index is 14.7. The lowest BCUT2D eigenvalue weighted by atomic mass is 9.89. The molecule has 65 heavy (non-hydrogen) atoms. The van der Waals surface area contributed by atoms with Crippen LogP contribution in [0.3, 0.4) is 0 Å². The second-order valence-corrected chi connectivity index (χ2v) is 19.2. The minimum absolute atomic E-state index is 0.0281. The van der Waals surface area contributed by atoms with E-state index in [4.69, 9.17) is 58.5 Å². The lowest BCUT2D eigenvalue weighted by Gasteiger charge is -2.48. The highest BCUT2D eigenvalue weighted by atomic mass is 35.5. The van der Waals surface area contributed by atoms with Crippen molar-refractivity contribution in [2.45, 2.75) is 87.2 Å². The number of aliphatic hydroxyl groups is 1. The maximum atomic E-state index is 14.7. The molecular weight excluding hydrogens is 928 g/mol. The van der Waals surface area contributed by atoms with Gasteiger partial charge in [0.15, 0.2) is 17.5 Å². The van der Waals surface area contributed by atoms with E-state index in [0.29, 0.717) is 21.6 Å². The second-order valence-electron chi connectivity index (χ2n) is 16.7. The molecule has 348 valence electrons. The van der Waals surface area contributed by atoms with Crippen molar-refractivity contribution in [3.8, 4) is 11.3 Å². The molecule has 6 atom stereocenters. The van der Waals surface area contributed by atoms with Crippen LogP contribution in [0.25, 0.3) is 11.3 Å². The average molecular weight is 978 g/mol. The molecular formula is C47H50Cl3F3N4O7S. The molecule has 18 heteroatoms. The molecule has 3 heterocycles. The summed E-state index contributed by atoms with van der Waals surface area (Å²) in [5.74, 6) is -4.58. The molecule has 1 aromatic heterocycles. The summed E-state index contributed by atoms with van der Waals surface area (Å²) in [7, 11) is 1.71. The first-order valence-corrected chi connectivity index (χ1v) is 23.2. The average Bonchev–Trinajstić information content (AvgIpc) is 3.78. The van der Waals surface area contributed by atoms with Crippen LogP contribution in [0.2, 0.25) is 15.1 Å². The number of aromatic nitrogens is 3. The Morgan fingerprint density at radius 1 is 0.862 bits per heavy atom. The van der Waals surface area contributed by atoms with Crippen LogP contribution in [0.4, 0.5) is 13.2 Å². The summed E-state index contributed by atoms with van der Waals surface area (Å²) in [6.07, 6.45) is -1.01. The number of rotatable bonds is 18. The topological polar surface area (TPSA) is 117 Å². The molecule has 0 bridgehead atoms. The number of halogens is 6. The van der Waals surface area contributed by atoms with Gasteiger partial charge in [-0.25, -0.2) is 17.9 Å². The summed E-state index contributed by atoms with van der Waals surface area (Å²) in [6, 6.07) is 22.2. The van der Waals surface area contributed by atoms with E-state index < -0.39 is 58.1 Å². The highest BCUT2D eigenvalue weighted by Crippen LogP contribution is 2.45. The number of benzene rings is 4. The molecule has 1 unspecified atom stereocenters. The van der Waals surface area contributed by atoms with E-state index in [2.05, 4.69) is 10.3 Å². The molecule has 2 aliphatic heterocycles. The largest absolute Gasteiger partial charge is 0.388 e. The van der Waals surface area contributed by atoms with Crippen molar-refractivity contribution in [2.24, 2.45) is 5.92 Å². The quantitative estimate of drug-likeness (QED) is 0.0851. The van der Waals surface area contributed by atoms with Gasteiger partial charge in [0.2, 0.25) is 5.91 Å². The zero-order valence-corrected chi connectivity index (χ0v) is 39.0. The number of carbonyl (C=O) groups excluding carboxylic acids is 1. The van der Waals surface area contributed by atoms with Crippen LogP contribution < -0.4 is 0 Å². The third-order valence-electron chi connectivity index (χ3n) is 11.2. The van der Waals surface area contributed by atoms with Gasteiger partial charge in [-0.2, -0.15) is 0 Å². The van der Waals surface area contributed by atoms with Gasteiger partial charge >= 0.3 is 0 Å². The molecule has 7 rings (SSSR count). The van der Waals surface area contributed by atoms with Crippen LogP contribution in [0, 0.1) is 23.4 Å². The zero-order chi connectivity index (χ0) is 46.3. The smallest absolute Gasteiger partial charge is 0.238 e. The summed E-state index contributed by atoms with van der Waals surface area (Å²) >= 11 is 19.8. The van der Waals surface area contributed by atoms with Crippen molar-refractivity contribution in [1.82, 2.24) is 19.9 Å². The van der Waals surface area contributed by atoms with Crippen LogP contribution in [0.1, 0.15) is 49.4 Å². The fraction of sp³-hybridized carbons (Fsp3) is 0.426. The first-order chi connectivity index (χ1) is 31.2. The van der Waals surface area contributed by atoms with E-state index in [1.165, 1.54) is 10.9 Å². The molecule has 0 spiro atoms. The third-order valence-corrected chi connectivity index (χ3v) is 13.6. The van der Waals surface area contributed by atoms with Gasteiger partial charge in [-0.15, -0.1) is 16.9 Å². The summed E-state index contributed by atoms with van der Waals surface area (Å²) < 4.78 is 77.6. The van der Waals surface area contributed by atoms with Crippen LogP contribution >= 0.6 is 46.6 Å². The number of nitrogens with zero attached hydrogens (tertiary/aromatic N) is 4. The van der Waals surface area contributed by atoms with Gasteiger partial charge in [-0.3, -0.25) is 4.79 Å². The minimum Gasteiger partial charge on any atom is -0.388 e. The summed E-state index contributed by atoms with van der Waals surface area (Å²) in [4.78, 5) is 16.3. The number of hydrogen-bond acceptors (Lipinski definition) is 10. The van der Waals surface area contributed by atoms with Crippen molar-refractivity contribution >= 4 is 52.5 Å². The van der Waals surface area contributed by atoms with Crippen molar-refractivity contribution in [1.29, 1.82) is 0 Å². The van der Waals surface area contributed by atoms with Gasteiger partial charge in [-0.1, -0.05) is 90.3 Å². The Morgan fingerprint density at radius 2 is 1.38 bits per heavy atom. The molecule has 4 aromatic carbocycles. The summed E-state index contributed by atoms with van der Waals surface area (Å²) in [5.41, 5.74) is -0.170. The van der Waals surface area contributed by atoms with E-state index in [1.54, 1.807) is 48.3 Å². The Morgan fingerprint density at radius 3 is 1.92 bits per heavy atom. The van der Waals surface area contributed by atoms with Gasteiger partial charge in [0.1, 0.15) is 40.7 Å². The molecule has 11 nitrogen and oxygen atoms in total. The molecule has 0 radical (unpaired) electrons. The van der Waals surface area contributed by atoms with Gasteiger partial charge in [0.25, 0.3) is 0 Å². The number of ether oxygens (including phenoxy) is 5.